The first-order valence-corrected chi connectivity index (χ1v) is 7.22. The van der Waals surface area contributed by atoms with Crippen LogP contribution in [0.5, 0.6) is 0 Å². The zero-order valence-electron chi connectivity index (χ0n) is 11.4. The molecule has 0 spiro atoms. The van der Waals surface area contributed by atoms with E-state index in [9.17, 15) is 0 Å². The molecule has 0 amide bonds. The first kappa shape index (κ1) is 12.4. The molecule has 1 saturated carbocycles. The maximum atomic E-state index is 4.73. The molecule has 0 radical (unpaired) electrons. The third-order valence-electron chi connectivity index (χ3n) is 3.44. The van der Waals surface area contributed by atoms with Crippen molar-refractivity contribution in [3.05, 3.63) is 36.0 Å². The van der Waals surface area contributed by atoms with E-state index in [0.29, 0.717) is 6.04 Å². The van der Waals surface area contributed by atoms with Crippen molar-refractivity contribution in [1.82, 2.24) is 10.3 Å². The van der Waals surface area contributed by atoms with Crippen molar-refractivity contribution in [2.75, 3.05) is 11.9 Å². The molecule has 1 heterocycles. The van der Waals surface area contributed by atoms with E-state index in [2.05, 4.69) is 47.9 Å². The van der Waals surface area contributed by atoms with Crippen molar-refractivity contribution in [3.8, 4) is 0 Å². The number of nitrogens with zero attached hydrogens (tertiary/aromatic N) is 1. The Morgan fingerprint density at radius 3 is 2.89 bits per heavy atom. The minimum atomic E-state index is 0.669. The van der Waals surface area contributed by atoms with Crippen LogP contribution < -0.4 is 10.6 Å². The van der Waals surface area contributed by atoms with E-state index in [1.54, 1.807) is 0 Å². The van der Waals surface area contributed by atoms with E-state index in [1.165, 1.54) is 23.9 Å². The van der Waals surface area contributed by atoms with Crippen LogP contribution >= 0.6 is 0 Å². The third kappa shape index (κ3) is 3.04. The van der Waals surface area contributed by atoms with E-state index in [1.807, 2.05) is 0 Å². The summed E-state index contributed by atoms with van der Waals surface area (Å²) in [5, 5.41) is 8.27. The lowest BCUT2D eigenvalue weighted by atomic mass is 10.1. The highest BCUT2D eigenvalue weighted by molar-refractivity contribution is 5.91. The number of nitrogens with one attached hydrogen (secondary N) is 2. The van der Waals surface area contributed by atoms with Crippen LogP contribution in [0.4, 0.5) is 5.69 Å². The topological polar surface area (TPSA) is 37.0 Å². The van der Waals surface area contributed by atoms with Crippen molar-refractivity contribution >= 4 is 16.6 Å². The Morgan fingerprint density at radius 1 is 1.26 bits per heavy atom. The molecular weight excluding hydrogens is 234 g/mol. The van der Waals surface area contributed by atoms with E-state index in [-0.39, 0.29) is 0 Å². The van der Waals surface area contributed by atoms with Gasteiger partial charge in [-0.25, -0.2) is 0 Å². The van der Waals surface area contributed by atoms with Gasteiger partial charge in [0.05, 0.1) is 11.2 Å². The molecule has 1 aliphatic rings. The molecule has 0 saturated heterocycles. The van der Waals surface area contributed by atoms with Crippen LogP contribution in [0.15, 0.2) is 30.3 Å². The number of aromatic nitrogens is 1. The van der Waals surface area contributed by atoms with E-state index in [0.717, 1.165) is 30.7 Å². The Balaban J connectivity index is 1.89. The van der Waals surface area contributed by atoms with Gasteiger partial charge in [0.25, 0.3) is 0 Å². The molecular formula is C16H21N3. The lowest BCUT2D eigenvalue weighted by Gasteiger charge is -2.11. The van der Waals surface area contributed by atoms with Crippen molar-refractivity contribution in [2.24, 2.45) is 0 Å². The molecule has 2 aromatic rings. The van der Waals surface area contributed by atoms with Crippen LogP contribution in [0.1, 0.15) is 31.9 Å². The standard InChI is InChI=1S/C16H21N3/c1-2-9-17-11-13-10-16(18-12-7-8-12)14-5-3-4-6-15(14)19-13/h3-6,10,12,17H,2,7-9,11H2,1H3,(H,18,19). The Labute approximate surface area is 114 Å². The second kappa shape index (κ2) is 5.57. The number of hydrogen-bond donors (Lipinski definition) is 2. The molecule has 0 aliphatic heterocycles. The summed E-state index contributed by atoms with van der Waals surface area (Å²) in [5.74, 6) is 0. The Morgan fingerprint density at radius 2 is 2.11 bits per heavy atom. The number of benzene rings is 1. The van der Waals surface area contributed by atoms with Gasteiger partial charge in [-0.15, -0.1) is 0 Å². The third-order valence-corrected chi connectivity index (χ3v) is 3.44. The normalized spacial score (nSPS) is 14.8. The highest BCUT2D eigenvalue weighted by atomic mass is 15.0. The van der Waals surface area contributed by atoms with Crippen molar-refractivity contribution in [3.63, 3.8) is 0 Å². The molecule has 1 aliphatic carbocycles. The second-order valence-corrected chi connectivity index (χ2v) is 5.27. The van der Waals surface area contributed by atoms with Crippen LogP contribution in [0, 0.1) is 0 Å². The van der Waals surface area contributed by atoms with Crippen LogP contribution in [-0.4, -0.2) is 17.6 Å². The minimum Gasteiger partial charge on any atom is -0.382 e. The fraction of sp³-hybridized carbons (Fsp3) is 0.438. The van der Waals surface area contributed by atoms with Gasteiger partial charge in [-0.05, 0) is 37.9 Å². The molecule has 1 aromatic carbocycles. The lowest BCUT2D eigenvalue weighted by Crippen LogP contribution is -2.15. The fourth-order valence-electron chi connectivity index (χ4n) is 2.28. The molecule has 19 heavy (non-hydrogen) atoms. The summed E-state index contributed by atoms with van der Waals surface area (Å²) in [7, 11) is 0. The van der Waals surface area contributed by atoms with Crippen LogP contribution in [-0.2, 0) is 6.54 Å². The molecule has 0 atom stereocenters. The van der Waals surface area contributed by atoms with E-state index < -0.39 is 0 Å². The first-order chi connectivity index (χ1) is 9.36. The monoisotopic (exact) mass is 255 g/mol. The van der Waals surface area contributed by atoms with Gasteiger partial charge in [0.2, 0.25) is 0 Å². The summed E-state index contributed by atoms with van der Waals surface area (Å²) in [5.41, 5.74) is 3.44. The predicted molar refractivity (Wildman–Crippen MR) is 80.4 cm³/mol. The van der Waals surface area contributed by atoms with Gasteiger partial charge >= 0.3 is 0 Å². The van der Waals surface area contributed by atoms with Crippen molar-refractivity contribution in [1.29, 1.82) is 0 Å². The molecule has 3 heteroatoms. The summed E-state index contributed by atoms with van der Waals surface area (Å²) < 4.78 is 0. The zero-order chi connectivity index (χ0) is 13.1. The van der Waals surface area contributed by atoms with Crippen molar-refractivity contribution < 1.29 is 0 Å². The molecule has 2 N–H and O–H groups in total. The van der Waals surface area contributed by atoms with Crippen LogP contribution in [0.3, 0.4) is 0 Å². The molecule has 3 nitrogen and oxygen atoms in total. The van der Waals surface area contributed by atoms with Gasteiger partial charge in [0.1, 0.15) is 0 Å². The Kier molecular flexibility index (Phi) is 3.65. The number of hydrogen-bond acceptors (Lipinski definition) is 3. The zero-order valence-corrected chi connectivity index (χ0v) is 11.4. The molecule has 0 bridgehead atoms. The number of anilines is 1. The first-order valence-electron chi connectivity index (χ1n) is 7.22. The van der Waals surface area contributed by atoms with Gasteiger partial charge < -0.3 is 10.6 Å². The summed E-state index contributed by atoms with van der Waals surface area (Å²) in [6.45, 7) is 4.07. The molecule has 100 valence electrons. The minimum absolute atomic E-state index is 0.669. The van der Waals surface area contributed by atoms with Crippen LogP contribution in [0.2, 0.25) is 0 Å². The van der Waals surface area contributed by atoms with Crippen LogP contribution in [0.25, 0.3) is 10.9 Å². The summed E-state index contributed by atoms with van der Waals surface area (Å²) >= 11 is 0. The summed E-state index contributed by atoms with van der Waals surface area (Å²) in [6, 6.07) is 11.2. The molecule has 3 rings (SSSR count). The maximum Gasteiger partial charge on any atom is 0.0726 e. The smallest absolute Gasteiger partial charge is 0.0726 e. The SMILES string of the molecule is CCCNCc1cc(NC2CC2)c2ccccc2n1. The average molecular weight is 255 g/mol. The quantitative estimate of drug-likeness (QED) is 0.778. The highest BCUT2D eigenvalue weighted by Crippen LogP contribution is 2.29. The predicted octanol–water partition coefficient (Wildman–Crippen LogP) is 3.31. The second-order valence-electron chi connectivity index (χ2n) is 5.27. The summed E-state index contributed by atoms with van der Waals surface area (Å²) in [4.78, 5) is 4.73. The van der Waals surface area contributed by atoms with Gasteiger partial charge in [0, 0.05) is 23.7 Å². The molecule has 1 fully saturated rings. The van der Waals surface area contributed by atoms with Gasteiger partial charge in [-0.1, -0.05) is 25.1 Å². The largest absolute Gasteiger partial charge is 0.382 e. The number of pyridine rings is 1. The lowest BCUT2D eigenvalue weighted by molar-refractivity contribution is 0.666. The Hall–Kier alpha value is -1.61. The van der Waals surface area contributed by atoms with Gasteiger partial charge in [-0.3, -0.25) is 4.98 Å². The van der Waals surface area contributed by atoms with Gasteiger partial charge in [-0.2, -0.15) is 0 Å². The Bertz CT molecular complexity index is 561. The molecule has 1 aromatic heterocycles. The average Bonchev–Trinajstić information content (AvgIpc) is 3.23. The summed E-state index contributed by atoms with van der Waals surface area (Å²) in [6.07, 6.45) is 3.74. The van der Waals surface area contributed by atoms with E-state index in [4.69, 9.17) is 4.98 Å². The van der Waals surface area contributed by atoms with Gasteiger partial charge in [0.15, 0.2) is 0 Å². The fourth-order valence-corrected chi connectivity index (χ4v) is 2.28. The highest BCUT2D eigenvalue weighted by Gasteiger charge is 2.21. The maximum absolute atomic E-state index is 4.73. The molecule has 0 unspecified atom stereocenters. The van der Waals surface area contributed by atoms with Crippen molar-refractivity contribution in [2.45, 2.75) is 38.8 Å². The number of fused-ring (bicyclic) bond motifs is 1. The van der Waals surface area contributed by atoms with E-state index >= 15 is 0 Å². The number of rotatable bonds is 6. The number of para-hydroxylation sites is 1.